The first kappa shape index (κ1) is 8.43. The molecule has 0 aliphatic heterocycles. The summed E-state index contributed by atoms with van der Waals surface area (Å²) in [4.78, 5) is 11.6. The van der Waals surface area contributed by atoms with Crippen molar-refractivity contribution in [3.63, 3.8) is 0 Å². The summed E-state index contributed by atoms with van der Waals surface area (Å²) in [6.07, 6.45) is 1.35. The molecule has 0 bridgehead atoms. The third-order valence-corrected chi connectivity index (χ3v) is 1.72. The quantitative estimate of drug-likeness (QED) is 0.692. The minimum atomic E-state index is 0.183. The lowest BCUT2D eigenvalue weighted by atomic mass is 10.2. The van der Waals surface area contributed by atoms with Gasteiger partial charge in [0, 0.05) is 5.56 Å². The number of hydrogen-bond donors (Lipinski definition) is 2. The van der Waals surface area contributed by atoms with Crippen molar-refractivity contribution in [2.45, 2.75) is 0 Å². The Morgan fingerprint density at radius 3 is 2.43 bits per heavy atom. The molecule has 0 aliphatic rings. The van der Waals surface area contributed by atoms with E-state index in [4.69, 9.17) is 10.8 Å². The smallest absolute Gasteiger partial charge is 0.223 e. The minimum Gasteiger partial charge on any atom is -0.508 e. The summed E-state index contributed by atoms with van der Waals surface area (Å²) in [5.41, 5.74) is 6.20. The fraction of sp³-hybridized carbons (Fsp3) is 0. The van der Waals surface area contributed by atoms with Crippen molar-refractivity contribution < 1.29 is 5.11 Å². The van der Waals surface area contributed by atoms with Crippen LogP contribution >= 0.6 is 0 Å². The number of hydrogen-bond acceptors (Lipinski definition) is 5. The number of nitrogens with two attached hydrogens (primary N) is 1. The van der Waals surface area contributed by atoms with Gasteiger partial charge in [-0.15, -0.1) is 0 Å². The van der Waals surface area contributed by atoms with E-state index in [2.05, 4.69) is 15.0 Å². The molecule has 0 aliphatic carbocycles. The Kier molecular flexibility index (Phi) is 1.98. The second kappa shape index (κ2) is 3.29. The van der Waals surface area contributed by atoms with E-state index >= 15 is 0 Å². The van der Waals surface area contributed by atoms with Crippen molar-refractivity contribution in [2.75, 3.05) is 5.73 Å². The molecule has 0 fully saturated rings. The van der Waals surface area contributed by atoms with Crippen molar-refractivity contribution in [2.24, 2.45) is 0 Å². The summed E-state index contributed by atoms with van der Waals surface area (Å²) in [6.45, 7) is 0. The summed E-state index contributed by atoms with van der Waals surface area (Å²) in [5, 5.41) is 9.08. The van der Waals surface area contributed by atoms with Crippen LogP contribution in [0.5, 0.6) is 5.75 Å². The molecule has 0 saturated carbocycles. The van der Waals surface area contributed by atoms with Gasteiger partial charge in [-0.1, -0.05) is 0 Å². The highest BCUT2D eigenvalue weighted by Crippen LogP contribution is 2.17. The van der Waals surface area contributed by atoms with Gasteiger partial charge >= 0.3 is 0 Å². The first-order valence-electron chi connectivity index (χ1n) is 3.99. The van der Waals surface area contributed by atoms with E-state index in [1.54, 1.807) is 24.3 Å². The number of phenols is 1. The molecule has 0 atom stereocenters. The van der Waals surface area contributed by atoms with Gasteiger partial charge in [0.25, 0.3) is 0 Å². The van der Waals surface area contributed by atoms with Gasteiger partial charge in [-0.3, -0.25) is 0 Å². The van der Waals surface area contributed by atoms with Crippen LogP contribution in [0.25, 0.3) is 11.4 Å². The van der Waals surface area contributed by atoms with Gasteiger partial charge in [0.1, 0.15) is 12.1 Å². The molecular weight excluding hydrogens is 180 g/mol. The SMILES string of the molecule is Nc1ncnc(-c2ccc(O)cc2)n1. The Bertz CT molecular complexity index is 441. The van der Waals surface area contributed by atoms with E-state index in [0.29, 0.717) is 5.82 Å². The molecule has 0 amide bonds. The number of nitrogens with zero attached hydrogens (tertiary/aromatic N) is 3. The normalized spacial score (nSPS) is 10.0. The lowest BCUT2D eigenvalue weighted by Gasteiger charge is -1.99. The summed E-state index contributed by atoms with van der Waals surface area (Å²) in [5.74, 6) is 0.886. The van der Waals surface area contributed by atoms with Crippen LogP contribution in [-0.4, -0.2) is 20.1 Å². The lowest BCUT2D eigenvalue weighted by Crippen LogP contribution is -1.97. The number of benzene rings is 1. The second-order valence-corrected chi connectivity index (χ2v) is 2.71. The largest absolute Gasteiger partial charge is 0.508 e. The first-order chi connectivity index (χ1) is 6.75. The van der Waals surface area contributed by atoms with Crippen LogP contribution in [0.3, 0.4) is 0 Å². The highest BCUT2D eigenvalue weighted by molar-refractivity contribution is 5.56. The van der Waals surface area contributed by atoms with Crippen molar-refractivity contribution >= 4 is 5.95 Å². The number of anilines is 1. The first-order valence-corrected chi connectivity index (χ1v) is 3.99. The van der Waals surface area contributed by atoms with Gasteiger partial charge < -0.3 is 10.8 Å². The van der Waals surface area contributed by atoms with Crippen molar-refractivity contribution in [3.05, 3.63) is 30.6 Å². The molecular formula is C9H8N4O. The van der Waals surface area contributed by atoms with E-state index in [1.807, 2.05) is 0 Å². The van der Waals surface area contributed by atoms with Gasteiger partial charge in [-0.25, -0.2) is 9.97 Å². The van der Waals surface area contributed by atoms with Crippen LogP contribution < -0.4 is 5.73 Å². The topological polar surface area (TPSA) is 84.9 Å². The Morgan fingerprint density at radius 1 is 1.07 bits per heavy atom. The molecule has 14 heavy (non-hydrogen) atoms. The van der Waals surface area contributed by atoms with E-state index in [-0.39, 0.29) is 11.7 Å². The van der Waals surface area contributed by atoms with Gasteiger partial charge in [-0.05, 0) is 24.3 Å². The molecule has 1 aromatic carbocycles. The number of aromatic hydroxyl groups is 1. The fourth-order valence-electron chi connectivity index (χ4n) is 1.06. The molecule has 2 aromatic rings. The molecule has 0 unspecified atom stereocenters. The Balaban J connectivity index is 2.44. The zero-order chi connectivity index (χ0) is 9.97. The monoisotopic (exact) mass is 188 g/mol. The Labute approximate surface area is 80.3 Å². The maximum absolute atomic E-state index is 9.08. The molecule has 1 heterocycles. The molecule has 0 saturated heterocycles. The van der Waals surface area contributed by atoms with E-state index in [0.717, 1.165) is 5.56 Å². The molecule has 0 radical (unpaired) electrons. The predicted molar refractivity (Wildman–Crippen MR) is 51.3 cm³/mol. The minimum absolute atomic E-state index is 0.183. The molecule has 1 aromatic heterocycles. The summed E-state index contributed by atoms with van der Waals surface area (Å²) in [7, 11) is 0. The van der Waals surface area contributed by atoms with Gasteiger partial charge in [-0.2, -0.15) is 4.98 Å². The third kappa shape index (κ3) is 1.61. The highest BCUT2D eigenvalue weighted by Gasteiger charge is 2.01. The van der Waals surface area contributed by atoms with Crippen LogP contribution in [0, 0.1) is 0 Å². The molecule has 2 rings (SSSR count). The number of phenolic OH excluding ortho intramolecular Hbond substituents is 1. The van der Waals surface area contributed by atoms with Gasteiger partial charge in [0.2, 0.25) is 5.95 Å². The van der Waals surface area contributed by atoms with Crippen molar-refractivity contribution in [1.29, 1.82) is 0 Å². The summed E-state index contributed by atoms with van der Waals surface area (Å²) < 4.78 is 0. The maximum atomic E-state index is 9.08. The molecule has 5 heteroatoms. The van der Waals surface area contributed by atoms with Crippen LogP contribution in [0.1, 0.15) is 0 Å². The number of rotatable bonds is 1. The highest BCUT2D eigenvalue weighted by atomic mass is 16.3. The maximum Gasteiger partial charge on any atom is 0.223 e. The molecule has 5 nitrogen and oxygen atoms in total. The van der Waals surface area contributed by atoms with Crippen molar-refractivity contribution in [3.8, 4) is 17.1 Å². The summed E-state index contributed by atoms with van der Waals surface area (Å²) in [6, 6.07) is 6.55. The lowest BCUT2D eigenvalue weighted by molar-refractivity contribution is 0.475. The number of nitrogen functional groups attached to an aromatic ring is 1. The fourth-order valence-corrected chi connectivity index (χ4v) is 1.06. The van der Waals surface area contributed by atoms with E-state index in [9.17, 15) is 0 Å². The third-order valence-electron chi connectivity index (χ3n) is 1.72. The van der Waals surface area contributed by atoms with E-state index in [1.165, 1.54) is 6.33 Å². The Morgan fingerprint density at radius 2 is 1.79 bits per heavy atom. The van der Waals surface area contributed by atoms with Crippen LogP contribution in [0.4, 0.5) is 5.95 Å². The van der Waals surface area contributed by atoms with Gasteiger partial charge in [0.05, 0.1) is 0 Å². The molecule has 0 spiro atoms. The Hall–Kier alpha value is -2.17. The zero-order valence-corrected chi connectivity index (χ0v) is 7.25. The number of aromatic nitrogens is 3. The average molecular weight is 188 g/mol. The molecule has 3 N–H and O–H groups in total. The standard InChI is InChI=1S/C9H8N4O/c10-9-12-5-11-8(13-9)6-1-3-7(14)4-2-6/h1-5,14H,(H2,10,11,12,13). The second-order valence-electron chi connectivity index (χ2n) is 2.71. The van der Waals surface area contributed by atoms with Gasteiger partial charge in [0.15, 0.2) is 5.82 Å². The zero-order valence-electron chi connectivity index (χ0n) is 7.25. The van der Waals surface area contributed by atoms with Crippen LogP contribution in [0.2, 0.25) is 0 Å². The van der Waals surface area contributed by atoms with E-state index < -0.39 is 0 Å². The summed E-state index contributed by atoms with van der Waals surface area (Å²) >= 11 is 0. The van der Waals surface area contributed by atoms with Crippen molar-refractivity contribution in [1.82, 2.24) is 15.0 Å². The predicted octanol–water partition coefficient (Wildman–Crippen LogP) is 0.826. The molecule has 70 valence electrons. The van der Waals surface area contributed by atoms with Crippen LogP contribution in [0.15, 0.2) is 30.6 Å². The van der Waals surface area contributed by atoms with Crippen LogP contribution in [-0.2, 0) is 0 Å². The average Bonchev–Trinajstić information content (AvgIpc) is 2.19.